The molecule has 1 rings (SSSR count). The van der Waals surface area contributed by atoms with Gasteiger partial charge in [0.25, 0.3) is 0 Å². The smallest absolute Gasteiger partial charge is 0.413 e. The van der Waals surface area contributed by atoms with Crippen molar-refractivity contribution in [3.8, 4) is 11.5 Å². The van der Waals surface area contributed by atoms with Gasteiger partial charge in [0, 0.05) is 24.3 Å². The fraction of sp³-hybridized carbons (Fsp3) is 0.286. The molecule has 0 bridgehead atoms. The number of nitrogens with one attached hydrogen (secondary N) is 2. The van der Waals surface area contributed by atoms with Crippen molar-refractivity contribution in [3.63, 3.8) is 0 Å². The molecule has 1 aromatic carbocycles. The van der Waals surface area contributed by atoms with Crippen LogP contribution in [0.2, 0.25) is 0 Å². The standard InChI is InChI=1S/C28H32N2O12/c1-7-21(31)37-15-27(5,16-38-22(32)8-2)29-25(35)41-19-13-11-12-14-20(19)42-26(36)30-28(6,17-39-23(33)9-3)18-40-24(34)10-4/h7-14H,1-4,15-18H2,5-6H3,(H,29,35)(H,30,36). The van der Waals surface area contributed by atoms with Crippen LogP contribution in [0.3, 0.4) is 0 Å². The van der Waals surface area contributed by atoms with Crippen molar-refractivity contribution in [1.82, 2.24) is 10.6 Å². The first-order valence-corrected chi connectivity index (χ1v) is 12.0. The van der Waals surface area contributed by atoms with Crippen molar-refractivity contribution in [3.05, 3.63) is 74.9 Å². The van der Waals surface area contributed by atoms with Crippen LogP contribution in [0.5, 0.6) is 11.5 Å². The Morgan fingerprint density at radius 2 is 0.857 bits per heavy atom. The molecule has 42 heavy (non-hydrogen) atoms. The first-order chi connectivity index (χ1) is 19.8. The summed E-state index contributed by atoms with van der Waals surface area (Å²) < 4.78 is 30.5. The molecule has 2 N–H and O–H groups in total. The van der Waals surface area contributed by atoms with Gasteiger partial charge in [-0.3, -0.25) is 0 Å². The predicted molar refractivity (Wildman–Crippen MR) is 146 cm³/mol. The molecule has 1 aromatic rings. The maximum atomic E-state index is 12.8. The topological polar surface area (TPSA) is 182 Å². The first-order valence-electron chi connectivity index (χ1n) is 12.0. The third-order valence-electron chi connectivity index (χ3n) is 4.86. The van der Waals surface area contributed by atoms with Crippen LogP contribution in [0.15, 0.2) is 74.9 Å². The maximum Gasteiger partial charge on any atom is 0.413 e. The SMILES string of the molecule is C=CC(=O)OCC(C)(COC(=O)C=C)NC(=O)Oc1ccccc1OC(=O)NC(C)(COC(=O)C=C)COC(=O)C=C. The minimum atomic E-state index is -1.45. The molecule has 0 saturated heterocycles. The highest BCUT2D eigenvalue weighted by molar-refractivity contribution is 5.83. The highest BCUT2D eigenvalue weighted by atomic mass is 16.6. The Bertz CT molecular complexity index is 1080. The van der Waals surface area contributed by atoms with E-state index in [9.17, 15) is 28.8 Å². The second-order valence-electron chi connectivity index (χ2n) is 8.84. The fourth-order valence-electron chi connectivity index (χ4n) is 2.75. The van der Waals surface area contributed by atoms with E-state index in [4.69, 9.17) is 28.4 Å². The van der Waals surface area contributed by atoms with E-state index in [1.807, 2.05) is 0 Å². The lowest BCUT2D eigenvalue weighted by molar-refractivity contribution is -0.145. The number of amides is 2. The minimum absolute atomic E-state index is 0.212. The van der Waals surface area contributed by atoms with Crippen LogP contribution in [-0.2, 0) is 38.1 Å². The van der Waals surface area contributed by atoms with Gasteiger partial charge in [-0.15, -0.1) is 0 Å². The Kier molecular flexibility index (Phi) is 13.7. The third-order valence-corrected chi connectivity index (χ3v) is 4.86. The molecule has 0 unspecified atom stereocenters. The summed E-state index contributed by atoms with van der Waals surface area (Å²) in [4.78, 5) is 71.6. The number of benzene rings is 1. The summed E-state index contributed by atoms with van der Waals surface area (Å²) in [5.74, 6) is -3.58. The van der Waals surface area contributed by atoms with Crippen LogP contribution in [0.1, 0.15) is 13.8 Å². The predicted octanol–water partition coefficient (Wildman–Crippen LogP) is 2.30. The second-order valence-corrected chi connectivity index (χ2v) is 8.84. The van der Waals surface area contributed by atoms with E-state index >= 15 is 0 Å². The Morgan fingerprint density at radius 1 is 0.595 bits per heavy atom. The van der Waals surface area contributed by atoms with E-state index in [-0.39, 0.29) is 11.5 Å². The fourth-order valence-corrected chi connectivity index (χ4v) is 2.75. The van der Waals surface area contributed by atoms with Crippen LogP contribution >= 0.6 is 0 Å². The highest BCUT2D eigenvalue weighted by Crippen LogP contribution is 2.27. The summed E-state index contributed by atoms with van der Waals surface area (Å²) in [6.45, 7) is 14.2. The zero-order valence-corrected chi connectivity index (χ0v) is 23.2. The molecule has 0 aliphatic rings. The summed E-state index contributed by atoms with van der Waals surface area (Å²) in [6, 6.07) is 5.59. The van der Waals surface area contributed by atoms with Gasteiger partial charge in [0.2, 0.25) is 0 Å². The van der Waals surface area contributed by atoms with Crippen LogP contribution in [-0.4, -0.2) is 73.6 Å². The Morgan fingerprint density at radius 3 is 1.10 bits per heavy atom. The monoisotopic (exact) mass is 588 g/mol. The highest BCUT2D eigenvalue weighted by Gasteiger charge is 2.33. The van der Waals surface area contributed by atoms with E-state index in [0.717, 1.165) is 24.3 Å². The van der Waals surface area contributed by atoms with Crippen molar-refractivity contribution in [1.29, 1.82) is 0 Å². The summed E-state index contributed by atoms with van der Waals surface area (Å²) in [7, 11) is 0. The lowest BCUT2D eigenvalue weighted by Gasteiger charge is -2.29. The van der Waals surface area contributed by atoms with Crippen LogP contribution < -0.4 is 20.1 Å². The molecule has 0 spiro atoms. The van der Waals surface area contributed by atoms with Gasteiger partial charge < -0.3 is 39.1 Å². The molecule has 14 nitrogen and oxygen atoms in total. The molecule has 0 aliphatic heterocycles. The molecule has 0 fully saturated rings. The van der Waals surface area contributed by atoms with Crippen molar-refractivity contribution in [2.45, 2.75) is 24.9 Å². The first kappa shape index (κ1) is 34.6. The van der Waals surface area contributed by atoms with Gasteiger partial charge in [-0.25, -0.2) is 28.8 Å². The molecule has 2 amide bonds. The number of esters is 4. The number of hydrogen-bond donors (Lipinski definition) is 2. The molecule has 0 radical (unpaired) electrons. The Labute approximate surface area is 241 Å². The molecule has 0 aromatic heterocycles. The number of carbonyl (C=O) groups is 6. The van der Waals surface area contributed by atoms with Gasteiger partial charge >= 0.3 is 36.1 Å². The van der Waals surface area contributed by atoms with Crippen LogP contribution in [0.4, 0.5) is 9.59 Å². The van der Waals surface area contributed by atoms with Crippen LogP contribution in [0.25, 0.3) is 0 Å². The largest absolute Gasteiger partial charge is 0.460 e. The van der Waals surface area contributed by atoms with Crippen molar-refractivity contribution in [2.75, 3.05) is 26.4 Å². The summed E-state index contributed by atoms with van der Waals surface area (Å²) in [5.41, 5.74) is -2.90. The average Bonchev–Trinajstić information content (AvgIpc) is 2.97. The van der Waals surface area contributed by atoms with E-state index in [0.29, 0.717) is 0 Å². The van der Waals surface area contributed by atoms with E-state index < -0.39 is 73.6 Å². The van der Waals surface area contributed by atoms with Gasteiger partial charge in [-0.05, 0) is 26.0 Å². The van der Waals surface area contributed by atoms with Gasteiger partial charge in [0.1, 0.15) is 37.5 Å². The zero-order chi connectivity index (χ0) is 31.8. The lowest BCUT2D eigenvalue weighted by atomic mass is 10.1. The van der Waals surface area contributed by atoms with Crippen LogP contribution in [0, 0.1) is 0 Å². The molecule has 226 valence electrons. The summed E-state index contributed by atoms with van der Waals surface area (Å²) >= 11 is 0. The maximum absolute atomic E-state index is 12.8. The number of carbonyl (C=O) groups excluding carboxylic acids is 6. The zero-order valence-electron chi connectivity index (χ0n) is 23.2. The molecule has 0 atom stereocenters. The quantitative estimate of drug-likeness (QED) is 0.164. The summed E-state index contributed by atoms with van der Waals surface area (Å²) in [6.07, 6.45) is 1.46. The normalized spacial score (nSPS) is 10.5. The van der Waals surface area contributed by atoms with E-state index in [2.05, 4.69) is 36.9 Å². The number of para-hydroxylation sites is 2. The third kappa shape index (κ3) is 12.6. The number of rotatable bonds is 16. The van der Waals surface area contributed by atoms with Gasteiger partial charge in [-0.1, -0.05) is 38.4 Å². The molecule has 0 aliphatic carbocycles. The van der Waals surface area contributed by atoms with Crippen molar-refractivity contribution in [2.24, 2.45) is 0 Å². The molecule has 14 heteroatoms. The lowest BCUT2D eigenvalue weighted by Crippen LogP contribution is -2.54. The van der Waals surface area contributed by atoms with E-state index in [1.54, 1.807) is 0 Å². The second kappa shape index (κ2) is 16.6. The molecule has 0 heterocycles. The molecular formula is C28H32N2O12. The van der Waals surface area contributed by atoms with Crippen molar-refractivity contribution < 1.29 is 57.2 Å². The average molecular weight is 589 g/mol. The number of ether oxygens (including phenoxy) is 6. The molecular weight excluding hydrogens is 556 g/mol. The number of hydrogen-bond acceptors (Lipinski definition) is 12. The summed E-state index contributed by atoms with van der Waals surface area (Å²) in [5, 5.41) is 4.86. The van der Waals surface area contributed by atoms with Crippen molar-refractivity contribution >= 4 is 36.1 Å². The van der Waals surface area contributed by atoms with E-state index in [1.165, 1.54) is 38.1 Å². The Hall–Kier alpha value is -5.40. The van der Waals surface area contributed by atoms with Gasteiger partial charge in [0.05, 0.1) is 0 Å². The molecule has 0 saturated carbocycles. The Balaban J connectivity index is 3.03. The van der Waals surface area contributed by atoms with Gasteiger partial charge in [0.15, 0.2) is 11.5 Å². The van der Waals surface area contributed by atoms with Gasteiger partial charge in [-0.2, -0.15) is 0 Å². The minimum Gasteiger partial charge on any atom is -0.460 e.